The van der Waals surface area contributed by atoms with Crippen molar-refractivity contribution in [1.29, 1.82) is 0 Å². The molecule has 0 atom stereocenters. The minimum absolute atomic E-state index is 0.0684. The van der Waals surface area contributed by atoms with E-state index in [9.17, 15) is 8.42 Å². The van der Waals surface area contributed by atoms with Crippen molar-refractivity contribution in [1.82, 2.24) is 0 Å². The number of furan rings is 1. The van der Waals surface area contributed by atoms with Crippen molar-refractivity contribution < 1.29 is 12.8 Å². The average Bonchev–Trinajstić information content (AvgIpc) is 2.80. The Morgan fingerprint density at radius 1 is 1.35 bits per heavy atom. The maximum absolute atomic E-state index is 12.6. The fourth-order valence-electron chi connectivity index (χ4n) is 1.83. The first kappa shape index (κ1) is 15.4. The number of hydrogen-bond donors (Lipinski definition) is 0. The van der Waals surface area contributed by atoms with Gasteiger partial charge in [-0.15, -0.1) is 11.6 Å². The van der Waals surface area contributed by atoms with Gasteiger partial charge in [-0.2, -0.15) is 0 Å². The maximum Gasteiger partial charge on any atom is 0.268 e. The highest BCUT2D eigenvalue weighted by molar-refractivity contribution is 9.10. The Labute approximate surface area is 131 Å². The van der Waals surface area contributed by atoms with Crippen molar-refractivity contribution in [2.45, 2.75) is 17.7 Å². The van der Waals surface area contributed by atoms with Gasteiger partial charge in [-0.05, 0) is 34.5 Å². The molecule has 20 heavy (non-hydrogen) atoms. The zero-order valence-electron chi connectivity index (χ0n) is 10.9. The molecule has 0 aliphatic heterocycles. The molecule has 0 fully saturated rings. The summed E-state index contributed by atoms with van der Waals surface area (Å²) in [4.78, 5) is 0.0684. The molecule has 1 heterocycles. The molecular formula is C13H13BrClNO3S. The zero-order chi connectivity index (χ0) is 14.9. The summed E-state index contributed by atoms with van der Waals surface area (Å²) < 4.78 is 31.9. The average molecular weight is 379 g/mol. The van der Waals surface area contributed by atoms with Crippen molar-refractivity contribution in [2.24, 2.45) is 0 Å². The van der Waals surface area contributed by atoms with Crippen molar-refractivity contribution in [3.05, 3.63) is 46.3 Å². The molecule has 108 valence electrons. The maximum atomic E-state index is 12.6. The Balaban J connectivity index is 2.49. The van der Waals surface area contributed by atoms with Crippen LogP contribution < -0.4 is 4.31 Å². The lowest BCUT2D eigenvalue weighted by Crippen LogP contribution is -2.27. The highest BCUT2D eigenvalue weighted by Gasteiger charge is 2.27. The lowest BCUT2D eigenvalue weighted by molar-refractivity contribution is 0.498. The number of alkyl halides is 1. The van der Waals surface area contributed by atoms with E-state index in [2.05, 4.69) is 15.9 Å². The minimum atomic E-state index is -3.70. The van der Waals surface area contributed by atoms with E-state index in [1.807, 2.05) is 19.1 Å². The molecule has 0 saturated carbocycles. The Bertz CT molecular complexity index is 727. The lowest BCUT2D eigenvalue weighted by Gasteiger charge is -2.20. The number of rotatable bonds is 4. The first-order valence-electron chi connectivity index (χ1n) is 5.76. The highest BCUT2D eigenvalue weighted by Crippen LogP contribution is 2.32. The van der Waals surface area contributed by atoms with E-state index in [1.54, 1.807) is 12.1 Å². The van der Waals surface area contributed by atoms with E-state index in [-0.39, 0.29) is 15.4 Å². The van der Waals surface area contributed by atoms with Crippen LogP contribution in [0.1, 0.15) is 11.3 Å². The third-order valence-corrected chi connectivity index (χ3v) is 5.82. The van der Waals surface area contributed by atoms with E-state index in [1.165, 1.54) is 17.4 Å². The molecule has 0 aliphatic rings. The van der Waals surface area contributed by atoms with Crippen LogP contribution in [0.5, 0.6) is 0 Å². The van der Waals surface area contributed by atoms with Gasteiger partial charge in [0, 0.05) is 13.1 Å². The van der Waals surface area contributed by atoms with Crippen LogP contribution in [0.4, 0.5) is 5.69 Å². The van der Waals surface area contributed by atoms with E-state index < -0.39 is 10.0 Å². The number of anilines is 1. The molecule has 0 amide bonds. The largest absolute Gasteiger partial charge is 0.452 e. The molecule has 0 saturated heterocycles. The standard InChI is InChI=1S/C13H13BrClNO3S/c1-9-5-3-4-6-11(9)16(2)20(17,18)12-7-10(8-15)19-13(12)14/h3-7H,8H2,1-2H3. The van der Waals surface area contributed by atoms with Gasteiger partial charge in [0.15, 0.2) is 4.67 Å². The monoisotopic (exact) mass is 377 g/mol. The second-order valence-corrected chi connectivity index (χ2v) is 7.17. The summed E-state index contributed by atoms with van der Waals surface area (Å²) in [7, 11) is -2.19. The number of aryl methyl sites for hydroxylation is 1. The molecule has 2 aromatic rings. The highest BCUT2D eigenvalue weighted by atomic mass is 79.9. The smallest absolute Gasteiger partial charge is 0.268 e. The summed E-state index contributed by atoms with van der Waals surface area (Å²) in [6.45, 7) is 1.86. The third-order valence-electron chi connectivity index (χ3n) is 2.93. The molecule has 0 N–H and O–H groups in total. The van der Waals surface area contributed by atoms with Gasteiger partial charge < -0.3 is 4.42 Å². The van der Waals surface area contributed by atoms with Crippen LogP contribution >= 0.6 is 27.5 Å². The van der Waals surface area contributed by atoms with Gasteiger partial charge in [0.1, 0.15) is 10.7 Å². The summed E-state index contributed by atoms with van der Waals surface area (Å²) in [5, 5.41) is 0. The fraction of sp³-hybridized carbons (Fsp3) is 0.231. The first-order valence-corrected chi connectivity index (χ1v) is 8.53. The van der Waals surface area contributed by atoms with E-state index in [0.29, 0.717) is 11.4 Å². The molecule has 0 unspecified atom stereocenters. The van der Waals surface area contributed by atoms with Crippen LogP contribution in [0.25, 0.3) is 0 Å². The zero-order valence-corrected chi connectivity index (χ0v) is 14.1. The Hall–Kier alpha value is -0.980. The van der Waals surface area contributed by atoms with Crippen molar-refractivity contribution in [3.63, 3.8) is 0 Å². The second-order valence-electron chi connectivity index (χ2n) is 4.24. The second kappa shape index (κ2) is 5.79. The Kier molecular flexibility index (Phi) is 4.46. The van der Waals surface area contributed by atoms with E-state index in [4.69, 9.17) is 16.0 Å². The molecular weight excluding hydrogens is 366 g/mol. The number of hydrogen-bond acceptors (Lipinski definition) is 3. The quantitative estimate of drug-likeness (QED) is 0.758. The number of halogens is 2. The van der Waals surface area contributed by atoms with Crippen LogP contribution in [-0.2, 0) is 15.9 Å². The normalized spacial score (nSPS) is 11.6. The van der Waals surface area contributed by atoms with E-state index >= 15 is 0 Å². The first-order chi connectivity index (χ1) is 9.37. The molecule has 0 aliphatic carbocycles. The predicted octanol–water partition coefficient (Wildman–Crippen LogP) is 3.91. The topological polar surface area (TPSA) is 50.5 Å². The number of sulfonamides is 1. The molecule has 2 rings (SSSR count). The number of benzene rings is 1. The summed E-state index contributed by atoms with van der Waals surface area (Å²) in [6, 6.07) is 8.70. The molecule has 1 aromatic carbocycles. The van der Waals surface area contributed by atoms with Gasteiger partial charge in [-0.1, -0.05) is 18.2 Å². The van der Waals surface area contributed by atoms with E-state index in [0.717, 1.165) is 5.56 Å². The fourth-order valence-corrected chi connectivity index (χ4v) is 4.18. The van der Waals surface area contributed by atoms with Gasteiger partial charge in [-0.3, -0.25) is 4.31 Å². The van der Waals surface area contributed by atoms with Crippen molar-refractivity contribution in [2.75, 3.05) is 11.4 Å². The molecule has 4 nitrogen and oxygen atoms in total. The van der Waals surface area contributed by atoms with Gasteiger partial charge in [-0.25, -0.2) is 8.42 Å². The number of nitrogens with zero attached hydrogens (tertiary/aromatic N) is 1. The lowest BCUT2D eigenvalue weighted by atomic mass is 10.2. The SMILES string of the molecule is Cc1ccccc1N(C)S(=O)(=O)c1cc(CCl)oc1Br. The van der Waals surface area contributed by atoms with Crippen LogP contribution in [0.3, 0.4) is 0 Å². The van der Waals surface area contributed by atoms with Crippen LogP contribution in [0.2, 0.25) is 0 Å². The van der Waals surface area contributed by atoms with Crippen LogP contribution in [0, 0.1) is 6.92 Å². The van der Waals surface area contributed by atoms with Gasteiger partial charge in [0.25, 0.3) is 10.0 Å². The summed E-state index contributed by atoms with van der Waals surface area (Å²) in [6.07, 6.45) is 0. The molecule has 0 bridgehead atoms. The van der Waals surface area contributed by atoms with Crippen molar-refractivity contribution >= 4 is 43.2 Å². The van der Waals surface area contributed by atoms with Gasteiger partial charge in [0.05, 0.1) is 11.6 Å². The Morgan fingerprint density at radius 2 is 2.00 bits per heavy atom. The molecule has 0 radical (unpaired) electrons. The van der Waals surface area contributed by atoms with Crippen LogP contribution in [-0.4, -0.2) is 15.5 Å². The summed E-state index contributed by atoms with van der Waals surface area (Å²) in [5.41, 5.74) is 1.49. The summed E-state index contributed by atoms with van der Waals surface area (Å²) in [5.74, 6) is 0.512. The summed E-state index contributed by atoms with van der Waals surface area (Å²) >= 11 is 8.78. The van der Waals surface area contributed by atoms with Crippen molar-refractivity contribution in [3.8, 4) is 0 Å². The van der Waals surface area contributed by atoms with Crippen LogP contribution in [0.15, 0.2) is 44.3 Å². The van der Waals surface area contributed by atoms with Gasteiger partial charge in [0.2, 0.25) is 0 Å². The van der Waals surface area contributed by atoms with Gasteiger partial charge >= 0.3 is 0 Å². The minimum Gasteiger partial charge on any atom is -0.452 e. The number of para-hydroxylation sites is 1. The predicted molar refractivity (Wildman–Crippen MR) is 82.7 cm³/mol. The Morgan fingerprint density at radius 3 is 2.55 bits per heavy atom. The third kappa shape index (κ3) is 2.73. The molecule has 7 heteroatoms. The molecule has 0 spiro atoms. The molecule has 1 aromatic heterocycles.